The fourth-order valence-electron chi connectivity index (χ4n) is 5.28. The lowest BCUT2D eigenvalue weighted by Gasteiger charge is -2.34. The number of aromatic amines is 2. The van der Waals surface area contributed by atoms with Crippen molar-refractivity contribution in [1.29, 1.82) is 0 Å². The summed E-state index contributed by atoms with van der Waals surface area (Å²) in [4.78, 5) is 22.5. The number of hydrogen-bond acceptors (Lipinski definition) is 5. The van der Waals surface area contributed by atoms with E-state index >= 15 is 0 Å². The van der Waals surface area contributed by atoms with Gasteiger partial charge in [-0.25, -0.2) is 15.0 Å². The molecule has 2 N–H and O–H groups in total. The molecule has 6 rings (SSSR count). The van der Waals surface area contributed by atoms with Gasteiger partial charge in [-0.2, -0.15) is 5.10 Å². The second-order valence-corrected chi connectivity index (χ2v) is 9.01. The highest BCUT2D eigenvalue weighted by Crippen LogP contribution is 2.43. The van der Waals surface area contributed by atoms with Crippen molar-refractivity contribution in [3.8, 4) is 11.3 Å². The van der Waals surface area contributed by atoms with Crippen LogP contribution in [0.5, 0.6) is 0 Å². The number of pyridine rings is 1. The Labute approximate surface area is 199 Å². The van der Waals surface area contributed by atoms with Crippen LogP contribution in [0.1, 0.15) is 46.6 Å². The normalized spacial score (nSPS) is 18.9. The average molecular weight is 457 g/mol. The fourth-order valence-corrected chi connectivity index (χ4v) is 5.28. The monoisotopic (exact) mass is 456 g/mol. The smallest absolute Gasteiger partial charge is 0.141 e. The minimum atomic E-state index is 0.0967. The topological polar surface area (TPSA) is 91.3 Å². The number of H-pyrrole nitrogens is 2. The van der Waals surface area contributed by atoms with Crippen molar-refractivity contribution in [2.24, 2.45) is 5.41 Å². The third-order valence-corrected chi connectivity index (χ3v) is 6.96. The van der Waals surface area contributed by atoms with E-state index in [0.29, 0.717) is 6.04 Å². The first kappa shape index (κ1) is 22.1. The zero-order valence-corrected chi connectivity index (χ0v) is 20.3. The lowest BCUT2D eigenvalue weighted by atomic mass is 9.80. The fraction of sp³-hybridized carbons (Fsp3) is 0.385. The number of nitrogens with zero attached hydrogens (tertiary/aromatic N) is 6. The Morgan fingerprint density at radius 1 is 1.06 bits per heavy atom. The molecule has 0 spiro atoms. The van der Waals surface area contributed by atoms with Crippen LogP contribution in [-0.4, -0.2) is 47.8 Å². The molecule has 0 radical (unpaired) electrons. The highest BCUT2D eigenvalue weighted by molar-refractivity contribution is 5.90. The Balaban J connectivity index is 0.00000117. The van der Waals surface area contributed by atoms with Gasteiger partial charge in [0, 0.05) is 53.4 Å². The zero-order valence-electron chi connectivity index (χ0n) is 20.3. The lowest BCUT2D eigenvalue weighted by Crippen LogP contribution is -2.33. The zero-order chi connectivity index (χ0) is 23.7. The molecule has 1 aliphatic rings. The van der Waals surface area contributed by atoms with Crippen molar-refractivity contribution in [1.82, 2.24) is 34.7 Å². The second-order valence-electron chi connectivity index (χ2n) is 9.01. The van der Waals surface area contributed by atoms with Gasteiger partial charge in [0.1, 0.15) is 23.4 Å². The molecule has 34 heavy (non-hydrogen) atoms. The first-order valence-corrected chi connectivity index (χ1v) is 12.2. The van der Waals surface area contributed by atoms with E-state index < -0.39 is 0 Å². The Kier molecular flexibility index (Phi) is 5.81. The summed E-state index contributed by atoms with van der Waals surface area (Å²) in [7, 11) is 0. The first-order chi connectivity index (χ1) is 16.6. The number of fused-ring (bicyclic) bond motifs is 2. The molecular weight excluding hydrogens is 424 g/mol. The van der Waals surface area contributed by atoms with Crippen LogP contribution >= 0.6 is 0 Å². The molecule has 5 aromatic rings. The van der Waals surface area contributed by atoms with Gasteiger partial charge in [0.15, 0.2) is 0 Å². The SMILES string of the molecule is CC.CCC(n1cc(-c2ncnc3[nH]ccc23)cn1)C1(C)CCN(c2ccc3cc[nH]c3n2)C1. The molecule has 5 aromatic heterocycles. The summed E-state index contributed by atoms with van der Waals surface area (Å²) < 4.78 is 2.14. The van der Waals surface area contributed by atoms with E-state index in [0.717, 1.165) is 65.1 Å². The summed E-state index contributed by atoms with van der Waals surface area (Å²) in [6.07, 6.45) is 11.6. The molecule has 0 aliphatic carbocycles. The Morgan fingerprint density at radius 3 is 2.74 bits per heavy atom. The van der Waals surface area contributed by atoms with E-state index in [1.54, 1.807) is 6.33 Å². The molecule has 8 heteroatoms. The van der Waals surface area contributed by atoms with Gasteiger partial charge in [-0.05, 0) is 37.1 Å². The first-order valence-electron chi connectivity index (χ1n) is 12.2. The number of rotatable bonds is 5. The molecule has 1 saturated heterocycles. The molecule has 2 atom stereocenters. The van der Waals surface area contributed by atoms with Crippen molar-refractivity contribution >= 4 is 27.9 Å². The van der Waals surface area contributed by atoms with Crippen molar-refractivity contribution < 1.29 is 0 Å². The lowest BCUT2D eigenvalue weighted by molar-refractivity contribution is 0.196. The number of anilines is 1. The average Bonchev–Trinajstić information content (AvgIpc) is 3.66. The maximum Gasteiger partial charge on any atom is 0.141 e. The van der Waals surface area contributed by atoms with Crippen LogP contribution in [0.2, 0.25) is 0 Å². The van der Waals surface area contributed by atoms with Crippen LogP contribution in [0.15, 0.2) is 55.4 Å². The summed E-state index contributed by atoms with van der Waals surface area (Å²) in [5, 5.41) is 6.95. The van der Waals surface area contributed by atoms with Gasteiger partial charge in [-0.1, -0.05) is 27.7 Å². The van der Waals surface area contributed by atoms with Gasteiger partial charge >= 0.3 is 0 Å². The summed E-state index contributed by atoms with van der Waals surface area (Å²) in [6.45, 7) is 10.6. The summed E-state index contributed by atoms with van der Waals surface area (Å²) in [5.41, 5.74) is 3.83. The minimum absolute atomic E-state index is 0.0967. The van der Waals surface area contributed by atoms with E-state index in [-0.39, 0.29) is 5.41 Å². The third-order valence-electron chi connectivity index (χ3n) is 6.96. The second kappa shape index (κ2) is 8.93. The molecule has 2 unspecified atom stereocenters. The molecule has 1 aliphatic heterocycles. The van der Waals surface area contributed by atoms with Gasteiger partial charge < -0.3 is 14.9 Å². The van der Waals surface area contributed by atoms with Gasteiger partial charge in [0.25, 0.3) is 0 Å². The van der Waals surface area contributed by atoms with Gasteiger partial charge in [-0.15, -0.1) is 0 Å². The maximum atomic E-state index is 4.84. The van der Waals surface area contributed by atoms with Crippen molar-refractivity contribution in [3.05, 3.63) is 55.4 Å². The van der Waals surface area contributed by atoms with E-state index in [4.69, 9.17) is 10.1 Å². The Hall–Kier alpha value is -3.68. The summed E-state index contributed by atoms with van der Waals surface area (Å²) >= 11 is 0. The Bertz CT molecular complexity index is 1400. The molecule has 0 aromatic carbocycles. The Morgan fingerprint density at radius 2 is 1.88 bits per heavy atom. The molecule has 6 heterocycles. The van der Waals surface area contributed by atoms with Gasteiger partial charge in [-0.3, -0.25) is 4.68 Å². The molecule has 0 saturated carbocycles. The highest BCUT2D eigenvalue weighted by Gasteiger charge is 2.41. The van der Waals surface area contributed by atoms with Gasteiger partial charge in [0.2, 0.25) is 0 Å². The molecular formula is C26H32N8. The largest absolute Gasteiger partial charge is 0.356 e. The van der Waals surface area contributed by atoms with E-state index in [9.17, 15) is 0 Å². The quantitative estimate of drug-likeness (QED) is 0.360. The van der Waals surface area contributed by atoms with Crippen LogP contribution in [0, 0.1) is 5.41 Å². The van der Waals surface area contributed by atoms with E-state index in [1.165, 1.54) is 0 Å². The molecule has 1 fully saturated rings. The van der Waals surface area contributed by atoms with Crippen molar-refractivity contribution in [3.63, 3.8) is 0 Å². The van der Waals surface area contributed by atoms with Crippen LogP contribution in [-0.2, 0) is 0 Å². The maximum absolute atomic E-state index is 4.84. The van der Waals surface area contributed by atoms with Crippen molar-refractivity contribution in [2.75, 3.05) is 18.0 Å². The highest BCUT2D eigenvalue weighted by atomic mass is 15.3. The number of aromatic nitrogens is 7. The van der Waals surface area contributed by atoms with Crippen LogP contribution < -0.4 is 4.90 Å². The summed E-state index contributed by atoms with van der Waals surface area (Å²) in [5.74, 6) is 1.04. The molecule has 8 nitrogen and oxygen atoms in total. The summed E-state index contributed by atoms with van der Waals surface area (Å²) in [6, 6.07) is 8.64. The standard InChI is InChI=1S/C24H26N8.C2H6/c1-3-19(32-13-17(12-29-32)21-18-7-10-26-23(18)28-15-27-21)24(2)8-11-31(14-24)20-5-4-16-6-9-25-22(16)30-20;1-2/h4-7,9-10,12-13,15,19H,3,8,11,14H2,1-2H3,(H,25,30)(H,26,27,28);1-2H3. The number of hydrogen-bond donors (Lipinski definition) is 2. The van der Waals surface area contributed by atoms with Gasteiger partial charge in [0.05, 0.1) is 17.9 Å². The van der Waals surface area contributed by atoms with Crippen LogP contribution in [0.3, 0.4) is 0 Å². The van der Waals surface area contributed by atoms with Crippen molar-refractivity contribution in [2.45, 2.75) is 46.6 Å². The van der Waals surface area contributed by atoms with E-state index in [1.807, 2.05) is 38.5 Å². The van der Waals surface area contributed by atoms with E-state index in [2.05, 4.69) is 67.8 Å². The predicted octanol–water partition coefficient (Wildman–Crippen LogP) is 5.59. The number of nitrogens with one attached hydrogen (secondary N) is 2. The van der Waals surface area contributed by atoms with Crippen LogP contribution in [0.4, 0.5) is 5.82 Å². The predicted molar refractivity (Wildman–Crippen MR) is 137 cm³/mol. The molecule has 176 valence electrons. The van der Waals surface area contributed by atoms with Crippen LogP contribution in [0.25, 0.3) is 33.3 Å². The molecule has 0 bridgehead atoms. The molecule has 0 amide bonds. The third kappa shape index (κ3) is 3.73. The minimum Gasteiger partial charge on any atom is -0.356 e.